The van der Waals surface area contributed by atoms with Gasteiger partial charge in [-0.05, 0) is 51.3 Å². The second kappa shape index (κ2) is 7.01. The molecule has 0 radical (unpaired) electrons. The highest BCUT2D eigenvalue weighted by atomic mass is 16.5. The first-order chi connectivity index (χ1) is 11.5. The number of rotatable bonds is 6. The zero-order chi connectivity index (χ0) is 17.3. The maximum absolute atomic E-state index is 12.2. The molecule has 0 unspecified atom stereocenters. The van der Waals surface area contributed by atoms with E-state index >= 15 is 0 Å². The lowest BCUT2D eigenvalue weighted by atomic mass is 10.1. The van der Waals surface area contributed by atoms with Gasteiger partial charge in [-0.25, -0.2) is 0 Å². The van der Waals surface area contributed by atoms with Gasteiger partial charge in [-0.1, -0.05) is 0 Å². The van der Waals surface area contributed by atoms with Crippen LogP contribution in [0.15, 0.2) is 18.2 Å². The fourth-order valence-electron chi connectivity index (χ4n) is 3.60. The van der Waals surface area contributed by atoms with E-state index in [0.29, 0.717) is 24.3 Å². The van der Waals surface area contributed by atoms with Crippen LogP contribution in [0.2, 0.25) is 0 Å². The molecular weight excluding hydrogens is 302 g/mol. The number of likely N-dealkylation sites (tertiary alicyclic amines) is 1. The Bertz CT molecular complexity index is 598. The van der Waals surface area contributed by atoms with Crippen molar-refractivity contribution in [3.63, 3.8) is 0 Å². The van der Waals surface area contributed by atoms with Crippen molar-refractivity contribution >= 4 is 11.6 Å². The van der Waals surface area contributed by atoms with Crippen LogP contribution >= 0.6 is 0 Å². The average Bonchev–Trinajstić information content (AvgIpc) is 3.32. The Kier molecular flexibility index (Phi) is 4.99. The van der Waals surface area contributed by atoms with Gasteiger partial charge < -0.3 is 15.0 Å². The standard InChI is InChI=1S/C19H29N3O2/c1-5-24-18-11-14(19(23)21(3)4)6-9-17(18)20-15-10-13(2)22(12-15)16-7-8-16/h6,9,11,13,15-16,20H,5,7-8,10,12H2,1-4H3/t13-,15+/m1/s1. The number of carbonyl (C=O) groups is 1. The van der Waals surface area contributed by atoms with Crippen LogP contribution in [0.25, 0.3) is 0 Å². The summed E-state index contributed by atoms with van der Waals surface area (Å²) in [4.78, 5) is 16.4. The number of carbonyl (C=O) groups excluding carboxylic acids is 1. The minimum atomic E-state index is -0.00287. The van der Waals surface area contributed by atoms with Gasteiger partial charge in [-0.15, -0.1) is 0 Å². The first-order valence-corrected chi connectivity index (χ1v) is 9.00. The van der Waals surface area contributed by atoms with E-state index in [2.05, 4.69) is 17.1 Å². The summed E-state index contributed by atoms with van der Waals surface area (Å²) in [6, 6.07) is 7.59. The third-order valence-electron chi connectivity index (χ3n) is 4.93. The molecule has 1 aliphatic carbocycles. The van der Waals surface area contributed by atoms with Crippen molar-refractivity contribution in [2.75, 3.05) is 32.6 Å². The number of hydrogen-bond donors (Lipinski definition) is 1. The number of ether oxygens (including phenoxy) is 1. The largest absolute Gasteiger partial charge is 0.492 e. The first kappa shape index (κ1) is 17.1. The van der Waals surface area contributed by atoms with Gasteiger partial charge in [0.1, 0.15) is 5.75 Å². The summed E-state index contributed by atoms with van der Waals surface area (Å²) in [5.74, 6) is 0.764. The average molecular weight is 331 g/mol. The molecule has 2 fully saturated rings. The lowest BCUT2D eigenvalue weighted by Gasteiger charge is -2.20. The quantitative estimate of drug-likeness (QED) is 0.871. The molecule has 1 aromatic rings. The van der Waals surface area contributed by atoms with Crippen LogP contribution in [0, 0.1) is 0 Å². The minimum Gasteiger partial charge on any atom is -0.492 e. The number of nitrogens with zero attached hydrogens (tertiary/aromatic N) is 2. The molecule has 0 spiro atoms. The molecule has 1 aromatic carbocycles. The maximum Gasteiger partial charge on any atom is 0.253 e. The Morgan fingerprint density at radius 2 is 2.12 bits per heavy atom. The Morgan fingerprint density at radius 1 is 1.38 bits per heavy atom. The number of nitrogens with one attached hydrogen (secondary N) is 1. The van der Waals surface area contributed by atoms with E-state index in [1.165, 1.54) is 12.8 Å². The Labute approximate surface area is 145 Å². The van der Waals surface area contributed by atoms with E-state index in [9.17, 15) is 4.79 Å². The van der Waals surface area contributed by atoms with Gasteiger partial charge in [0.25, 0.3) is 5.91 Å². The summed E-state index contributed by atoms with van der Waals surface area (Å²) in [5.41, 5.74) is 1.65. The van der Waals surface area contributed by atoms with Crippen LogP contribution in [0.3, 0.4) is 0 Å². The molecule has 1 saturated heterocycles. The third kappa shape index (κ3) is 3.66. The van der Waals surface area contributed by atoms with Crippen molar-refractivity contribution in [2.45, 2.75) is 51.2 Å². The smallest absolute Gasteiger partial charge is 0.253 e. The lowest BCUT2D eigenvalue weighted by molar-refractivity contribution is 0.0827. The van der Waals surface area contributed by atoms with Crippen molar-refractivity contribution in [2.24, 2.45) is 0 Å². The maximum atomic E-state index is 12.2. The topological polar surface area (TPSA) is 44.8 Å². The minimum absolute atomic E-state index is 0.00287. The zero-order valence-electron chi connectivity index (χ0n) is 15.2. The summed E-state index contributed by atoms with van der Waals surface area (Å²) in [6.45, 7) is 5.97. The summed E-state index contributed by atoms with van der Waals surface area (Å²) in [6.07, 6.45) is 3.85. The second-order valence-corrected chi connectivity index (χ2v) is 7.20. The van der Waals surface area contributed by atoms with Crippen molar-refractivity contribution in [3.8, 4) is 5.75 Å². The Balaban J connectivity index is 1.73. The fourth-order valence-corrected chi connectivity index (χ4v) is 3.60. The van der Waals surface area contributed by atoms with Gasteiger partial charge in [0.2, 0.25) is 0 Å². The molecule has 132 valence electrons. The van der Waals surface area contributed by atoms with Crippen molar-refractivity contribution in [3.05, 3.63) is 23.8 Å². The summed E-state index contributed by atoms with van der Waals surface area (Å²) in [5, 5.41) is 3.64. The number of anilines is 1. The molecule has 1 aliphatic heterocycles. The predicted molar refractivity (Wildman–Crippen MR) is 96.8 cm³/mol. The highest BCUT2D eigenvalue weighted by Crippen LogP contribution is 2.35. The molecule has 0 bridgehead atoms. The number of amides is 1. The molecule has 1 N–H and O–H groups in total. The van der Waals surface area contributed by atoms with Crippen LogP contribution in [0.1, 0.15) is 43.5 Å². The molecule has 3 rings (SSSR count). The van der Waals surface area contributed by atoms with Gasteiger partial charge in [0.05, 0.1) is 12.3 Å². The number of hydrogen-bond acceptors (Lipinski definition) is 4. The van der Waals surface area contributed by atoms with E-state index in [0.717, 1.165) is 30.4 Å². The molecule has 2 atom stereocenters. The Hall–Kier alpha value is -1.75. The van der Waals surface area contributed by atoms with Gasteiger partial charge in [0, 0.05) is 44.3 Å². The van der Waals surface area contributed by atoms with Crippen molar-refractivity contribution < 1.29 is 9.53 Å². The van der Waals surface area contributed by atoms with E-state index < -0.39 is 0 Å². The zero-order valence-corrected chi connectivity index (χ0v) is 15.2. The fraction of sp³-hybridized carbons (Fsp3) is 0.632. The SMILES string of the molecule is CCOc1cc(C(=O)N(C)C)ccc1N[C@H]1C[C@@H](C)N(C2CC2)C1. The molecule has 0 aromatic heterocycles. The van der Waals surface area contributed by atoms with Crippen LogP contribution in [0.5, 0.6) is 5.75 Å². The van der Waals surface area contributed by atoms with Crippen LogP contribution in [-0.4, -0.2) is 61.1 Å². The molecule has 24 heavy (non-hydrogen) atoms. The Morgan fingerprint density at radius 3 is 2.75 bits per heavy atom. The first-order valence-electron chi connectivity index (χ1n) is 9.00. The lowest BCUT2D eigenvalue weighted by Crippen LogP contribution is -2.31. The van der Waals surface area contributed by atoms with E-state index in [1.54, 1.807) is 19.0 Å². The van der Waals surface area contributed by atoms with Crippen LogP contribution < -0.4 is 10.1 Å². The van der Waals surface area contributed by atoms with Gasteiger partial charge in [-0.2, -0.15) is 0 Å². The molecule has 2 aliphatic rings. The molecule has 5 heteroatoms. The van der Waals surface area contributed by atoms with Gasteiger partial charge >= 0.3 is 0 Å². The molecule has 5 nitrogen and oxygen atoms in total. The second-order valence-electron chi connectivity index (χ2n) is 7.20. The van der Waals surface area contributed by atoms with E-state index in [4.69, 9.17) is 4.74 Å². The predicted octanol–water partition coefficient (Wildman–Crippen LogP) is 2.82. The van der Waals surface area contributed by atoms with E-state index in [-0.39, 0.29) is 5.91 Å². The molecular formula is C19H29N3O2. The third-order valence-corrected chi connectivity index (χ3v) is 4.93. The molecule has 1 heterocycles. The molecule has 1 amide bonds. The van der Waals surface area contributed by atoms with Gasteiger partial charge in [-0.3, -0.25) is 9.69 Å². The number of benzene rings is 1. The van der Waals surface area contributed by atoms with E-state index in [1.807, 2.05) is 25.1 Å². The van der Waals surface area contributed by atoms with Crippen molar-refractivity contribution in [1.82, 2.24) is 9.80 Å². The molecule has 1 saturated carbocycles. The van der Waals surface area contributed by atoms with Gasteiger partial charge in [0.15, 0.2) is 0 Å². The van der Waals surface area contributed by atoms with Crippen LogP contribution in [-0.2, 0) is 0 Å². The summed E-state index contributed by atoms with van der Waals surface area (Å²) in [7, 11) is 3.53. The highest BCUT2D eigenvalue weighted by molar-refractivity contribution is 5.95. The summed E-state index contributed by atoms with van der Waals surface area (Å²) >= 11 is 0. The monoisotopic (exact) mass is 331 g/mol. The summed E-state index contributed by atoms with van der Waals surface area (Å²) < 4.78 is 5.78. The highest BCUT2D eigenvalue weighted by Gasteiger charge is 2.38. The van der Waals surface area contributed by atoms with Crippen LogP contribution in [0.4, 0.5) is 5.69 Å². The normalized spacial score (nSPS) is 24.0. The van der Waals surface area contributed by atoms with Crippen molar-refractivity contribution in [1.29, 1.82) is 0 Å².